The van der Waals surface area contributed by atoms with Crippen molar-refractivity contribution in [3.05, 3.63) is 30.0 Å². The molecule has 0 atom stereocenters. The van der Waals surface area contributed by atoms with Gasteiger partial charge in [0.15, 0.2) is 11.5 Å². The molecule has 1 aromatic carbocycles. The molecule has 166 valence electrons. The van der Waals surface area contributed by atoms with Crippen LogP contribution < -0.4 is 4.90 Å². The van der Waals surface area contributed by atoms with Gasteiger partial charge in [-0.1, -0.05) is 24.3 Å². The molecule has 2 aliphatic rings. The molecule has 2 fully saturated rings. The van der Waals surface area contributed by atoms with Crippen molar-refractivity contribution in [2.24, 2.45) is 5.92 Å². The molecule has 0 radical (unpaired) electrons. The third-order valence-electron chi connectivity index (χ3n) is 6.29. The summed E-state index contributed by atoms with van der Waals surface area (Å²) in [4.78, 5) is 31.7. The van der Waals surface area contributed by atoms with Crippen LogP contribution in [-0.2, 0) is 9.53 Å². The first-order chi connectivity index (χ1) is 15.1. The first-order valence-corrected chi connectivity index (χ1v) is 11.2. The lowest BCUT2D eigenvalue weighted by Gasteiger charge is -2.31. The summed E-state index contributed by atoms with van der Waals surface area (Å²) in [5.74, 6) is 0.444. The van der Waals surface area contributed by atoms with Crippen LogP contribution in [0.4, 0.5) is 5.82 Å². The number of amides is 1. The molecule has 4 rings (SSSR count). The van der Waals surface area contributed by atoms with E-state index in [1.165, 1.54) is 0 Å². The molecule has 2 aliphatic heterocycles. The number of carbonyl (C=O) groups excluding carboxylic acids is 2. The molecule has 1 aromatic heterocycles. The van der Waals surface area contributed by atoms with Crippen LogP contribution >= 0.6 is 0 Å². The maximum Gasteiger partial charge on any atom is 0.309 e. The SMILES string of the molecule is CCOC(=O)C1CCN(C(=O)c2nnc(N3CCCN(C)CC3)c3ccccc23)CC1. The molecule has 3 heterocycles. The second-order valence-electron chi connectivity index (χ2n) is 8.38. The number of hydrogen-bond acceptors (Lipinski definition) is 7. The van der Waals surface area contributed by atoms with Gasteiger partial charge in [-0.3, -0.25) is 9.59 Å². The van der Waals surface area contributed by atoms with Gasteiger partial charge < -0.3 is 19.4 Å². The van der Waals surface area contributed by atoms with E-state index < -0.39 is 0 Å². The van der Waals surface area contributed by atoms with E-state index in [0.717, 1.165) is 49.2 Å². The van der Waals surface area contributed by atoms with Crippen LogP contribution in [0.2, 0.25) is 0 Å². The highest BCUT2D eigenvalue weighted by atomic mass is 16.5. The molecule has 0 aliphatic carbocycles. The number of piperidine rings is 1. The Balaban J connectivity index is 1.55. The molecule has 0 N–H and O–H groups in total. The maximum atomic E-state index is 13.3. The molecule has 0 unspecified atom stereocenters. The van der Waals surface area contributed by atoms with Crippen molar-refractivity contribution in [2.45, 2.75) is 26.2 Å². The highest BCUT2D eigenvalue weighted by Crippen LogP contribution is 2.28. The number of nitrogens with zero attached hydrogens (tertiary/aromatic N) is 5. The predicted octanol–water partition coefficient (Wildman–Crippen LogP) is 2.19. The minimum absolute atomic E-state index is 0.117. The van der Waals surface area contributed by atoms with Crippen LogP contribution in [-0.4, -0.2) is 84.8 Å². The van der Waals surface area contributed by atoms with Crippen molar-refractivity contribution in [1.29, 1.82) is 0 Å². The highest BCUT2D eigenvalue weighted by molar-refractivity contribution is 6.07. The first-order valence-electron chi connectivity index (χ1n) is 11.2. The summed E-state index contributed by atoms with van der Waals surface area (Å²) in [5.41, 5.74) is 0.390. The lowest BCUT2D eigenvalue weighted by atomic mass is 9.96. The number of rotatable bonds is 4. The predicted molar refractivity (Wildman–Crippen MR) is 119 cm³/mol. The summed E-state index contributed by atoms with van der Waals surface area (Å²) in [6.45, 7) is 7.12. The van der Waals surface area contributed by atoms with Gasteiger partial charge in [0, 0.05) is 43.5 Å². The molecular weight excluding hydrogens is 394 g/mol. The van der Waals surface area contributed by atoms with Gasteiger partial charge in [-0.25, -0.2) is 0 Å². The summed E-state index contributed by atoms with van der Waals surface area (Å²) in [6.07, 6.45) is 2.31. The van der Waals surface area contributed by atoms with Gasteiger partial charge in [-0.15, -0.1) is 10.2 Å². The molecule has 2 aromatic rings. The van der Waals surface area contributed by atoms with Crippen molar-refractivity contribution >= 4 is 28.5 Å². The first kappa shape index (κ1) is 21.5. The Labute approximate surface area is 183 Å². The number of fused-ring (bicyclic) bond motifs is 1. The summed E-state index contributed by atoms with van der Waals surface area (Å²) >= 11 is 0. The number of likely N-dealkylation sites (N-methyl/N-ethyl adjacent to an activating group) is 1. The van der Waals surface area contributed by atoms with Gasteiger partial charge in [0.1, 0.15) is 0 Å². The maximum absolute atomic E-state index is 13.3. The largest absolute Gasteiger partial charge is 0.466 e. The second-order valence-corrected chi connectivity index (χ2v) is 8.38. The zero-order chi connectivity index (χ0) is 21.8. The Morgan fingerprint density at radius 1 is 1.00 bits per heavy atom. The Kier molecular flexibility index (Phi) is 6.65. The third-order valence-corrected chi connectivity index (χ3v) is 6.29. The van der Waals surface area contributed by atoms with Gasteiger partial charge >= 0.3 is 5.97 Å². The van der Waals surface area contributed by atoms with Gasteiger partial charge in [0.05, 0.1) is 12.5 Å². The van der Waals surface area contributed by atoms with Gasteiger partial charge in [0.2, 0.25) is 0 Å². The lowest BCUT2D eigenvalue weighted by molar-refractivity contribution is -0.149. The average Bonchev–Trinajstić information content (AvgIpc) is 3.02. The van der Waals surface area contributed by atoms with E-state index in [1.807, 2.05) is 31.2 Å². The molecule has 2 saturated heterocycles. The Morgan fingerprint density at radius 2 is 1.74 bits per heavy atom. The van der Waals surface area contributed by atoms with Crippen molar-refractivity contribution < 1.29 is 14.3 Å². The van der Waals surface area contributed by atoms with Crippen LogP contribution in [0.5, 0.6) is 0 Å². The summed E-state index contributed by atoms with van der Waals surface area (Å²) in [5, 5.41) is 10.7. The second kappa shape index (κ2) is 9.60. The standard InChI is InChI=1S/C23H31N5O3/c1-3-31-23(30)17-9-13-28(14-10-17)22(29)20-18-7-4-5-8-19(18)21(25-24-20)27-12-6-11-26(2)15-16-27/h4-5,7-8,17H,3,6,9-16H2,1-2H3. The average molecular weight is 426 g/mol. The quantitative estimate of drug-likeness (QED) is 0.695. The van der Waals surface area contributed by atoms with Crippen LogP contribution in [0.25, 0.3) is 10.8 Å². The number of ether oxygens (including phenoxy) is 1. The Hall–Kier alpha value is -2.74. The van der Waals surface area contributed by atoms with Gasteiger partial charge in [-0.05, 0) is 39.8 Å². The van der Waals surface area contributed by atoms with Gasteiger partial charge in [-0.2, -0.15) is 0 Å². The van der Waals surface area contributed by atoms with E-state index in [1.54, 1.807) is 4.90 Å². The normalized spacial score (nSPS) is 18.8. The van der Waals surface area contributed by atoms with E-state index in [0.29, 0.717) is 38.2 Å². The van der Waals surface area contributed by atoms with Crippen LogP contribution in [0.3, 0.4) is 0 Å². The van der Waals surface area contributed by atoms with Crippen molar-refractivity contribution in [3.63, 3.8) is 0 Å². The van der Waals surface area contributed by atoms with Crippen molar-refractivity contribution in [3.8, 4) is 0 Å². The van der Waals surface area contributed by atoms with Crippen molar-refractivity contribution in [2.75, 3.05) is 57.8 Å². The van der Waals surface area contributed by atoms with E-state index in [2.05, 4.69) is 27.0 Å². The topological polar surface area (TPSA) is 78.9 Å². The van der Waals surface area contributed by atoms with Crippen LogP contribution in [0.1, 0.15) is 36.7 Å². The monoisotopic (exact) mass is 425 g/mol. The molecule has 0 bridgehead atoms. The number of likely N-dealkylation sites (tertiary alicyclic amines) is 1. The number of hydrogen-bond donors (Lipinski definition) is 0. The zero-order valence-electron chi connectivity index (χ0n) is 18.4. The Morgan fingerprint density at radius 3 is 2.48 bits per heavy atom. The van der Waals surface area contributed by atoms with E-state index in [-0.39, 0.29) is 17.8 Å². The summed E-state index contributed by atoms with van der Waals surface area (Å²) < 4.78 is 5.13. The van der Waals surface area contributed by atoms with Crippen LogP contribution in [0.15, 0.2) is 24.3 Å². The number of benzene rings is 1. The molecule has 0 saturated carbocycles. The molecule has 1 amide bonds. The molecular formula is C23H31N5O3. The van der Waals surface area contributed by atoms with E-state index in [9.17, 15) is 9.59 Å². The number of esters is 1. The van der Waals surface area contributed by atoms with Crippen LogP contribution in [0, 0.1) is 5.92 Å². The highest BCUT2D eigenvalue weighted by Gasteiger charge is 2.30. The summed E-state index contributed by atoms with van der Waals surface area (Å²) in [7, 11) is 2.14. The third kappa shape index (κ3) is 4.63. The van der Waals surface area contributed by atoms with E-state index >= 15 is 0 Å². The number of anilines is 1. The smallest absolute Gasteiger partial charge is 0.309 e. The fraction of sp³-hybridized carbons (Fsp3) is 0.565. The molecule has 8 nitrogen and oxygen atoms in total. The molecule has 0 spiro atoms. The zero-order valence-corrected chi connectivity index (χ0v) is 18.4. The fourth-order valence-corrected chi connectivity index (χ4v) is 4.47. The molecule has 8 heteroatoms. The summed E-state index contributed by atoms with van der Waals surface area (Å²) in [6, 6.07) is 7.90. The molecule has 31 heavy (non-hydrogen) atoms. The number of carbonyl (C=O) groups is 2. The Bertz CT molecular complexity index is 942. The van der Waals surface area contributed by atoms with E-state index in [4.69, 9.17) is 4.74 Å². The van der Waals surface area contributed by atoms with Crippen molar-refractivity contribution in [1.82, 2.24) is 20.0 Å². The van der Waals surface area contributed by atoms with Gasteiger partial charge in [0.25, 0.3) is 5.91 Å². The number of aromatic nitrogens is 2. The lowest BCUT2D eigenvalue weighted by Crippen LogP contribution is -2.41. The minimum atomic E-state index is -0.160. The minimum Gasteiger partial charge on any atom is -0.466 e. The fourth-order valence-electron chi connectivity index (χ4n) is 4.47.